The van der Waals surface area contributed by atoms with E-state index in [1.807, 2.05) is 31.2 Å². The minimum atomic E-state index is -0.893. The van der Waals surface area contributed by atoms with Crippen molar-refractivity contribution in [1.29, 1.82) is 0 Å². The molecule has 3 rings (SSSR count). The number of aliphatic carboxylic acids is 1. The van der Waals surface area contributed by atoms with Crippen LogP contribution in [0.25, 0.3) is 22.2 Å². The number of para-hydroxylation sites is 1. The first-order chi connectivity index (χ1) is 9.58. The summed E-state index contributed by atoms with van der Waals surface area (Å²) in [6, 6.07) is 7.85. The summed E-state index contributed by atoms with van der Waals surface area (Å²) >= 11 is 0. The molecule has 0 aliphatic heterocycles. The largest absolute Gasteiger partial charge is 0.481 e. The first kappa shape index (κ1) is 12.5. The summed E-state index contributed by atoms with van der Waals surface area (Å²) in [6.07, 6.45) is -0.0936. The van der Waals surface area contributed by atoms with Gasteiger partial charge in [0.2, 0.25) is 0 Å². The summed E-state index contributed by atoms with van der Waals surface area (Å²) in [5, 5.41) is 14.0. The van der Waals surface area contributed by atoms with Crippen LogP contribution in [0.15, 0.2) is 28.8 Å². The van der Waals surface area contributed by atoms with Crippen molar-refractivity contribution in [2.24, 2.45) is 0 Å². The molecule has 2 N–H and O–H groups in total. The molecule has 0 aliphatic carbocycles. The number of aryl methyl sites for hydroxylation is 2. The standard InChI is InChI=1S/C15H14N2O3/c1-8-11(7-13(18)19)15(20-17-8)14-9(2)16-12-6-4-3-5-10(12)14/h3-6,16H,7H2,1-2H3,(H,18,19). The lowest BCUT2D eigenvalue weighted by atomic mass is 10.0. The second-order valence-corrected chi connectivity index (χ2v) is 4.82. The maximum atomic E-state index is 11.0. The normalized spacial score (nSPS) is 11.1. The van der Waals surface area contributed by atoms with E-state index in [9.17, 15) is 4.79 Å². The number of aromatic amines is 1. The van der Waals surface area contributed by atoms with E-state index < -0.39 is 5.97 Å². The van der Waals surface area contributed by atoms with Gasteiger partial charge >= 0.3 is 5.97 Å². The minimum Gasteiger partial charge on any atom is -0.481 e. The summed E-state index contributed by atoms with van der Waals surface area (Å²) in [7, 11) is 0. The number of carboxylic acid groups (broad SMARTS) is 1. The highest BCUT2D eigenvalue weighted by molar-refractivity contribution is 5.97. The molecular weight excluding hydrogens is 256 g/mol. The Balaban J connectivity index is 2.26. The molecule has 102 valence electrons. The molecule has 5 heteroatoms. The van der Waals surface area contributed by atoms with E-state index in [4.69, 9.17) is 9.63 Å². The van der Waals surface area contributed by atoms with Crippen molar-refractivity contribution in [2.45, 2.75) is 20.3 Å². The van der Waals surface area contributed by atoms with Gasteiger partial charge in [0.05, 0.1) is 12.1 Å². The third kappa shape index (κ3) is 1.87. The molecule has 0 bridgehead atoms. The lowest BCUT2D eigenvalue weighted by Crippen LogP contribution is -2.02. The zero-order valence-electron chi connectivity index (χ0n) is 11.2. The minimum absolute atomic E-state index is 0.0936. The molecule has 20 heavy (non-hydrogen) atoms. The van der Waals surface area contributed by atoms with Gasteiger partial charge in [0.15, 0.2) is 5.76 Å². The van der Waals surface area contributed by atoms with Crippen LogP contribution >= 0.6 is 0 Å². The molecule has 0 atom stereocenters. The Morgan fingerprint density at radius 2 is 2.10 bits per heavy atom. The monoisotopic (exact) mass is 270 g/mol. The number of hydrogen-bond donors (Lipinski definition) is 2. The number of rotatable bonds is 3. The van der Waals surface area contributed by atoms with E-state index in [1.54, 1.807) is 6.92 Å². The van der Waals surface area contributed by atoms with Crippen molar-refractivity contribution in [3.63, 3.8) is 0 Å². The molecule has 0 amide bonds. The second kappa shape index (κ2) is 4.52. The van der Waals surface area contributed by atoms with Crippen molar-refractivity contribution in [3.8, 4) is 11.3 Å². The van der Waals surface area contributed by atoms with Crippen molar-refractivity contribution >= 4 is 16.9 Å². The number of carbonyl (C=O) groups is 1. The number of aromatic nitrogens is 2. The van der Waals surface area contributed by atoms with Crippen LogP contribution < -0.4 is 0 Å². The quantitative estimate of drug-likeness (QED) is 0.766. The van der Waals surface area contributed by atoms with Crippen LogP contribution in [0.1, 0.15) is 17.0 Å². The molecule has 0 radical (unpaired) electrons. The summed E-state index contributed by atoms with van der Waals surface area (Å²) in [5.74, 6) is -0.352. The van der Waals surface area contributed by atoms with Crippen molar-refractivity contribution in [1.82, 2.24) is 10.1 Å². The summed E-state index contributed by atoms with van der Waals surface area (Å²) < 4.78 is 5.40. The fourth-order valence-electron chi connectivity index (χ4n) is 2.51. The van der Waals surface area contributed by atoms with E-state index in [2.05, 4.69) is 10.1 Å². The van der Waals surface area contributed by atoms with Gasteiger partial charge in [-0.15, -0.1) is 0 Å². The van der Waals surface area contributed by atoms with Gasteiger partial charge in [0.1, 0.15) is 0 Å². The van der Waals surface area contributed by atoms with E-state index in [1.165, 1.54) is 0 Å². The summed E-state index contributed by atoms with van der Waals surface area (Å²) in [5.41, 5.74) is 4.07. The SMILES string of the molecule is Cc1noc(-c2c(C)[nH]c3ccccc23)c1CC(=O)O. The third-order valence-corrected chi connectivity index (χ3v) is 3.43. The predicted octanol–water partition coefficient (Wildman–Crippen LogP) is 3.07. The Bertz CT molecular complexity index is 799. The van der Waals surface area contributed by atoms with Crippen LogP contribution in [-0.4, -0.2) is 21.2 Å². The molecule has 0 aliphatic rings. The lowest BCUT2D eigenvalue weighted by Gasteiger charge is -2.00. The van der Waals surface area contributed by atoms with Gasteiger partial charge in [-0.05, 0) is 19.9 Å². The molecule has 0 saturated carbocycles. The number of hydrogen-bond acceptors (Lipinski definition) is 3. The molecule has 0 unspecified atom stereocenters. The molecule has 0 spiro atoms. The Hall–Kier alpha value is -2.56. The van der Waals surface area contributed by atoms with Crippen LogP contribution in [-0.2, 0) is 11.2 Å². The van der Waals surface area contributed by atoms with Crippen LogP contribution in [0.5, 0.6) is 0 Å². The Morgan fingerprint density at radius 1 is 1.35 bits per heavy atom. The molecule has 1 aromatic carbocycles. The Labute approximate surface area is 115 Å². The number of nitrogens with one attached hydrogen (secondary N) is 1. The Kier molecular flexibility index (Phi) is 2.82. The first-order valence-electron chi connectivity index (χ1n) is 6.32. The van der Waals surface area contributed by atoms with E-state index in [0.29, 0.717) is 17.0 Å². The molecule has 0 fully saturated rings. The second-order valence-electron chi connectivity index (χ2n) is 4.82. The molecule has 0 saturated heterocycles. The van der Waals surface area contributed by atoms with E-state index >= 15 is 0 Å². The fourth-order valence-corrected chi connectivity index (χ4v) is 2.51. The average molecular weight is 270 g/mol. The van der Waals surface area contributed by atoms with E-state index in [0.717, 1.165) is 22.2 Å². The number of fused-ring (bicyclic) bond motifs is 1. The maximum Gasteiger partial charge on any atom is 0.308 e. The first-order valence-corrected chi connectivity index (χ1v) is 6.32. The van der Waals surface area contributed by atoms with Crippen molar-refractivity contribution in [3.05, 3.63) is 41.2 Å². The maximum absolute atomic E-state index is 11.0. The molecule has 5 nitrogen and oxygen atoms in total. The van der Waals surface area contributed by atoms with Gasteiger partial charge < -0.3 is 14.6 Å². The Morgan fingerprint density at radius 3 is 2.85 bits per heavy atom. The van der Waals surface area contributed by atoms with Crippen molar-refractivity contribution in [2.75, 3.05) is 0 Å². The molecule has 2 heterocycles. The van der Waals surface area contributed by atoms with Crippen LogP contribution in [0, 0.1) is 13.8 Å². The van der Waals surface area contributed by atoms with Gasteiger partial charge in [-0.2, -0.15) is 0 Å². The predicted molar refractivity (Wildman–Crippen MR) is 74.6 cm³/mol. The average Bonchev–Trinajstić information content (AvgIpc) is 2.90. The zero-order chi connectivity index (χ0) is 14.3. The van der Waals surface area contributed by atoms with Gasteiger partial charge in [-0.1, -0.05) is 23.4 Å². The number of carboxylic acids is 1. The molecule has 3 aromatic rings. The molecular formula is C15H14N2O3. The number of nitrogens with zero attached hydrogens (tertiary/aromatic N) is 1. The van der Waals surface area contributed by atoms with Gasteiger partial charge in [0, 0.05) is 27.7 Å². The highest BCUT2D eigenvalue weighted by Gasteiger charge is 2.22. The number of benzene rings is 1. The fraction of sp³-hybridized carbons (Fsp3) is 0.200. The zero-order valence-corrected chi connectivity index (χ0v) is 11.2. The third-order valence-electron chi connectivity index (χ3n) is 3.43. The highest BCUT2D eigenvalue weighted by Crippen LogP contribution is 2.35. The summed E-state index contributed by atoms with van der Waals surface area (Å²) in [6.45, 7) is 3.70. The molecule has 2 aromatic heterocycles. The van der Waals surface area contributed by atoms with Gasteiger partial charge in [-0.25, -0.2) is 0 Å². The topological polar surface area (TPSA) is 79.1 Å². The highest BCUT2D eigenvalue weighted by atomic mass is 16.5. The van der Waals surface area contributed by atoms with E-state index in [-0.39, 0.29) is 6.42 Å². The van der Waals surface area contributed by atoms with Crippen LogP contribution in [0.3, 0.4) is 0 Å². The lowest BCUT2D eigenvalue weighted by molar-refractivity contribution is -0.136. The smallest absolute Gasteiger partial charge is 0.308 e. The van der Waals surface area contributed by atoms with Crippen LogP contribution in [0.4, 0.5) is 0 Å². The van der Waals surface area contributed by atoms with Gasteiger partial charge in [0.25, 0.3) is 0 Å². The summed E-state index contributed by atoms with van der Waals surface area (Å²) in [4.78, 5) is 14.3. The van der Waals surface area contributed by atoms with Crippen LogP contribution in [0.2, 0.25) is 0 Å². The van der Waals surface area contributed by atoms with Gasteiger partial charge in [-0.3, -0.25) is 4.79 Å². The van der Waals surface area contributed by atoms with Crippen molar-refractivity contribution < 1.29 is 14.4 Å². The number of H-pyrrole nitrogens is 1.